The number of aromatic carboxylic acids is 2. The molecule has 3 N–H and O–H groups in total. The third kappa shape index (κ3) is 4.53. The van der Waals surface area contributed by atoms with E-state index in [2.05, 4.69) is 15.3 Å². The summed E-state index contributed by atoms with van der Waals surface area (Å²) in [6, 6.07) is 16.2. The van der Waals surface area contributed by atoms with Gasteiger partial charge < -0.3 is 24.8 Å². The minimum Gasteiger partial charge on any atom is -0.478 e. The van der Waals surface area contributed by atoms with Crippen LogP contribution in [0.3, 0.4) is 0 Å². The lowest BCUT2D eigenvalue weighted by molar-refractivity contribution is 0.0696. The summed E-state index contributed by atoms with van der Waals surface area (Å²) in [6.07, 6.45) is 5.14. The van der Waals surface area contributed by atoms with Crippen molar-refractivity contribution < 1.29 is 24.2 Å². The Morgan fingerprint density at radius 3 is 2.33 bits per heavy atom. The number of nitrogens with zero attached hydrogens (tertiary/aromatic N) is 3. The SMILES string of the molecule is O=C(O)c1cc(C(=O)O)cc(-c2ccc(C3C(c4ccccn4)NC(=S)N3Cc3ccncc3)o2)c1. The second-order valence-electron chi connectivity index (χ2n) is 8.22. The van der Waals surface area contributed by atoms with E-state index in [9.17, 15) is 19.8 Å². The van der Waals surface area contributed by atoms with Crippen molar-refractivity contribution in [1.82, 2.24) is 20.2 Å². The Hall–Kier alpha value is -4.57. The van der Waals surface area contributed by atoms with E-state index in [1.54, 1.807) is 30.7 Å². The highest BCUT2D eigenvalue weighted by Crippen LogP contribution is 2.41. The van der Waals surface area contributed by atoms with Crippen LogP contribution in [0.4, 0.5) is 0 Å². The lowest BCUT2D eigenvalue weighted by atomic mass is 10.0. The topological polar surface area (TPSA) is 129 Å². The second kappa shape index (κ2) is 9.59. The van der Waals surface area contributed by atoms with E-state index in [-0.39, 0.29) is 23.2 Å². The van der Waals surface area contributed by atoms with Crippen LogP contribution in [0.5, 0.6) is 0 Å². The molecule has 1 aliphatic heterocycles. The molecule has 0 amide bonds. The fourth-order valence-corrected chi connectivity index (χ4v) is 4.56. The van der Waals surface area contributed by atoms with Crippen molar-refractivity contribution in [3.8, 4) is 11.3 Å². The highest BCUT2D eigenvalue weighted by atomic mass is 32.1. The van der Waals surface area contributed by atoms with Crippen LogP contribution in [0.15, 0.2) is 83.7 Å². The number of rotatable bonds is 7. The molecule has 4 heterocycles. The molecule has 4 aromatic rings. The van der Waals surface area contributed by atoms with Crippen LogP contribution in [0.25, 0.3) is 11.3 Å². The average molecular weight is 501 g/mol. The first-order valence-corrected chi connectivity index (χ1v) is 11.4. The minimum absolute atomic E-state index is 0.141. The van der Waals surface area contributed by atoms with E-state index < -0.39 is 11.9 Å². The first-order chi connectivity index (χ1) is 17.4. The van der Waals surface area contributed by atoms with Crippen molar-refractivity contribution in [2.75, 3.05) is 0 Å². The highest BCUT2D eigenvalue weighted by molar-refractivity contribution is 7.80. The smallest absolute Gasteiger partial charge is 0.335 e. The van der Waals surface area contributed by atoms with Gasteiger partial charge in [-0.1, -0.05) is 6.07 Å². The summed E-state index contributed by atoms with van der Waals surface area (Å²) in [5, 5.41) is 22.8. The minimum atomic E-state index is -1.23. The molecule has 1 saturated heterocycles. The molecular formula is C26H20N4O5S. The first kappa shape index (κ1) is 23.2. The molecule has 5 rings (SSSR count). The quantitative estimate of drug-likeness (QED) is 0.316. The molecule has 0 saturated carbocycles. The second-order valence-corrected chi connectivity index (χ2v) is 8.61. The number of aromatic nitrogens is 2. The van der Waals surface area contributed by atoms with Crippen LogP contribution >= 0.6 is 12.2 Å². The van der Waals surface area contributed by atoms with Crippen LogP contribution in [0.1, 0.15) is 49.8 Å². The van der Waals surface area contributed by atoms with Crippen LogP contribution in [0.2, 0.25) is 0 Å². The number of carboxylic acid groups (broad SMARTS) is 2. The van der Waals surface area contributed by atoms with Crippen molar-refractivity contribution in [1.29, 1.82) is 0 Å². The Morgan fingerprint density at radius 1 is 0.972 bits per heavy atom. The number of carbonyl (C=O) groups is 2. The molecule has 1 aliphatic rings. The summed E-state index contributed by atoms with van der Waals surface area (Å²) < 4.78 is 6.22. The lowest BCUT2D eigenvalue weighted by Gasteiger charge is -2.26. The fraction of sp³-hybridized carbons (Fsp3) is 0.115. The molecule has 2 atom stereocenters. The predicted molar refractivity (Wildman–Crippen MR) is 133 cm³/mol. The van der Waals surface area contributed by atoms with Gasteiger partial charge >= 0.3 is 11.9 Å². The summed E-state index contributed by atoms with van der Waals surface area (Å²) in [7, 11) is 0. The van der Waals surface area contributed by atoms with Gasteiger partial charge in [-0.05, 0) is 72.4 Å². The van der Waals surface area contributed by atoms with Gasteiger partial charge in [-0.25, -0.2) is 9.59 Å². The number of thiocarbonyl (C=S) groups is 1. The molecule has 3 aromatic heterocycles. The van der Waals surface area contributed by atoms with Crippen molar-refractivity contribution in [2.45, 2.75) is 18.6 Å². The number of carboxylic acids is 2. The molecule has 36 heavy (non-hydrogen) atoms. The lowest BCUT2D eigenvalue weighted by Crippen LogP contribution is -2.29. The molecular weight excluding hydrogens is 480 g/mol. The normalized spacial score (nSPS) is 17.1. The summed E-state index contributed by atoms with van der Waals surface area (Å²) in [5.41, 5.74) is 1.85. The standard InChI is InChI=1S/C26H20N4O5S/c31-24(32)17-11-16(12-18(13-17)25(33)34)20-4-5-21(35-20)23-22(19-3-1-2-8-28-19)29-26(36)30(23)14-15-6-9-27-10-7-15/h1-13,22-23H,14H2,(H,29,36)(H,31,32)(H,33,34). The number of furan rings is 1. The molecule has 9 nitrogen and oxygen atoms in total. The maximum atomic E-state index is 11.6. The molecule has 0 spiro atoms. The van der Waals surface area contributed by atoms with Gasteiger partial charge in [0.15, 0.2) is 5.11 Å². The summed E-state index contributed by atoms with van der Waals surface area (Å²) in [4.78, 5) is 33.7. The van der Waals surface area contributed by atoms with E-state index in [1.165, 1.54) is 12.1 Å². The van der Waals surface area contributed by atoms with Gasteiger partial charge in [-0.3, -0.25) is 9.97 Å². The molecule has 2 unspecified atom stereocenters. The summed E-state index contributed by atoms with van der Waals surface area (Å²) >= 11 is 5.68. The number of hydrogen-bond acceptors (Lipinski definition) is 6. The highest BCUT2D eigenvalue weighted by Gasteiger charge is 2.41. The number of pyridine rings is 2. The largest absolute Gasteiger partial charge is 0.478 e. The Kier molecular flexibility index (Phi) is 6.17. The molecule has 1 aromatic carbocycles. The van der Waals surface area contributed by atoms with E-state index >= 15 is 0 Å². The molecule has 0 bridgehead atoms. The Balaban J connectivity index is 1.56. The van der Waals surface area contributed by atoms with Crippen LogP contribution in [-0.2, 0) is 6.54 Å². The predicted octanol–water partition coefficient (Wildman–Crippen LogP) is 4.31. The molecule has 0 radical (unpaired) electrons. The van der Waals surface area contributed by atoms with E-state index in [0.29, 0.717) is 28.7 Å². The van der Waals surface area contributed by atoms with Gasteiger partial charge in [0.05, 0.1) is 22.9 Å². The van der Waals surface area contributed by atoms with Gasteiger partial charge in [0.25, 0.3) is 0 Å². The molecule has 180 valence electrons. The zero-order valence-corrected chi connectivity index (χ0v) is 19.6. The molecule has 0 aliphatic carbocycles. The zero-order chi connectivity index (χ0) is 25.2. The van der Waals surface area contributed by atoms with Gasteiger partial charge in [0.2, 0.25) is 0 Å². The maximum absolute atomic E-state index is 11.6. The van der Waals surface area contributed by atoms with Crippen molar-refractivity contribution in [3.63, 3.8) is 0 Å². The van der Waals surface area contributed by atoms with Crippen LogP contribution < -0.4 is 5.32 Å². The fourth-order valence-electron chi connectivity index (χ4n) is 4.25. The van der Waals surface area contributed by atoms with Gasteiger partial charge in [0, 0.05) is 30.7 Å². The maximum Gasteiger partial charge on any atom is 0.335 e. The molecule has 1 fully saturated rings. The van der Waals surface area contributed by atoms with E-state index in [1.807, 2.05) is 35.2 Å². The first-order valence-electron chi connectivity index (χ1n) is 11.0. The van der Waals surface area contributed by atoms with Crippen molar-refractivity contribution in [2.24, 2.45) is 0 Å². The monoisotopic (exact) mass is 500 g/mol. The Labute approximate surface area is 211 Å². The van der Waals surface area contributed by atoms with Gasteiger partial charge in [-0.2, -0.15) is 0 Å². The Bertz CT molecular complexity index is 1410. The average Bonchev–Trinajstić information content (AvgIpc) is 3.50. The van der Waals surface area contributed by atoms with Gasteiger partial charge in [0.1, 0.15) is 17.6 Å². The van der Waals surface area contributed by atoms with Crippen LogP contribution in [-0.4, -0.2) is 42.1 Å². The number of benzene rings is 1. The van der Waals surface area contributed by atoms with E-state index in [0.717, 1.165) is 17.3 Å². The Morgan fingerprint density at radius 2 is 1.69 bits per heavy atom. The summed E-state index contributed by atoms with van der Waals surface area (Å²) in [6.45, 7) is 0.496. The molecule has 10 heteroatoms. The number of hydrogen-bond donors (Lipinski definition) is 3. The third-order valence-corrected chi connectivity index (χ3v) is 6.28. The zero-order valence-electron chi connectivity index (χ0n) is 18.7. The van der Waals surface area contributed by atoms with E-state index in [4.69, 9.17) is 16.6 Å². The third-order valence-electron chi connectivity index (χ3n) is 5.93. The van der Waals surface area contributed by atoms with Crippen LogP contribution in [0, 0.1) is 0 Å². The number of nitrogens with one attached hydrogen (secondary N) is 1. The van der Waals surface area contributed by atoms with Crippen molar-refractivity contribution in [3.05, 3.63) is 107 Å². The van der Waals surface area contributed by atoms with Crippen molar-refractivity contribution >= 4 is 29.3 Å². The van der Waals surface area contributed by atoms with Gasteiger partial charge in [-0.15, -0.1) is 0 Å². The summed E-state index contributed by atoms with van der Waals surface area (Å²) in [5.74, 6) is -1.54.